The third-order valence-corrected chi connectivity index (χ3v) is 9.95. The fourth-order valence-corrected chi connectivity index (χ4v) is 8.00. The average Bonchev–Trinajstić information content (AvgIpc) is 3.27. The van der Waals surface area contributed by atoms with Gasteiger partial charge in [0.1, 0.15) is 6.54 Å². The summed E-state index contributed by atoms with van der Waals surface area (Å²) in [5.74, 6) is -0.0723. The Labute approximate surface area is 261 Å². The Kier molecular flexibility index (Phi) is 10.3. The molecule has 236 valence electrons. The van der Waals surface area contributed by atoms with Crippen molar-refractivity contribution in [1.82, 2.24) is 14.5 Å². The van der Waals surface area contributed by atoms with E-state index in [2.05, 4.69) is 4.90 Å². The maximum atomic E-state index is 14.5. The van der Waals surface area contributed by atoms with E-state index < -0.39 is 0 Å². The molecule has 0 amide bonds. The molecular formula is C36H48N4O4. The van der Waals surface area contributed by atoms with Gasteiger partial charge in [-0.15, -0.1) is 0 Å². The number of benzene rings is 2. The fraction of sp³-hybridized carbons (Fsp3) is 0.583. The molecule has 3 aliphatic rings. The lowest BCUT2D eigenvalue weighted by atomic mass is 9.89. The van der Waals surface area contributed by atoms with Gasteiger partial charge in [0.2, 0.25) is 0 Å². The number of carbonyl (C=O) groups excluding carboxylic acids is 1. The van der Waals surface area contributed by atoms with E-state index in [0.717, 1.165) is 29.4 Å². The van der Waals surface area contributed by atoms with E-state index in [0.29, 0.717) is 43.7 Å². The van der Waals surface area contributed by atoms with Crippen LogP contribution in [0.2, 0.25) is 0 Å². The fourth-order valence-electron chi connectivity index (χ4n) is 8.00. The SMILES string of the molecule is CCOC(=O)CN(CCOCc1ccccc1)c1nc2ccccc2n(C2C[C@H]3CC[C@@H](C2)N3C2CCCCCCC2)c1=O. The summed E-state index contributed by atoms with van der Waals surface area (Å²) < 4.78 is 13.3. The number of aromatic nitrogens is 2. The van der Waals surface area contributed by atoms with Gasteiger partial charge in [-0.3, -0.25) is 14.5 Å². The van der Waals surface area contributed by atoms with Gasteiger partial charge in [0.15, 0.2) is 5.82 Å². The molecular weight excluding hydrogens is 552 g/mol. The van der Waals surface area contributed by atoms with E-state index in [9.17, 15) is 9.59 Å². The van der Waals surface area contributed by atoms with E-state index in [1.54, 1.807) is 11.8 Å². The van der Waals surface area contributed by atoms with E-state index in [1.165, 1.54) is 57.8 Å². The first-order chi connectivity index (χ1) is 21.6. The van der Waals surface area contributed by atoms with Crippen molar-refractivity contribution in [3.8, 4) is 0 Å². The van der Waals surface area contributed by atoms with Gasteiger partial charge in [-0.05, 0) is 63.1 Å². The van der Waals surface area contributed by atoms with Crippen LogP contribution in [-0.2, 0) is 20.9 Å². The van der Waals surface area contributed by atoms with Gasteiger partial charge in [0.25, 0.3) is 5.56 Å². The zero-order valence-electron chi connectivity index (χ0n) is 26.2. The van der Waals surface area contributed by atoms with Gasteiger partial charge in [-0.2, -0.15) is 0 Å². The molecule has 8 nitrogen and oxygen atoms in total. The Hall–Kier alpha value is -3.23. The molecule has 3 heterocycles. The largest absolute Gasteiger partial charge is 0.465 e. The van der Waals surface area contributed by atoms with E-state index >= 15 is 0 Å². The molecule has 1 saturated carbocycles. The summed E-state index contributed by atoms with van der Waals surface area (Å²) >= 11 is 0. The quantitative estimate of drug-likeness (QED) is 0.190. The second-order valence-corrected chi connectivity index (χ2v) is 12.8. The van der Waals surface area contributed by atoms with Crippen molar-refractivity contribution in [3.05, 3.63) is 70.5 Å². The zero-order valence-corrected chi connectivity index (χ0v) is 26.2. The average molecular weight is 601 g/mol. The number of rotatable bonds is 11. The number of esters is 1. The molecule has 2 saturated heterocycles. The molecule has 2 aliphatic heterocycles. The van der Waals surface area contributed by atoms with Crippen LogP contribution in [0.5, 0.6) is 0 Å². The highest BCUT2D eigenvalue weighted by Crippen LogP contribution is 2.44. The minimum atomic E-state index is -0.373. The number of piperidine rings is 1. The van der Waals surface area contributed by atoms with Crippen LogP contribution in [0.15, 0.2) is 59.4 Å². The minimum absolute atomic E-state index is 0.0471. The minimum Gasteiger partial charge on any atom is -0.465 e. The van der Waals surface area contributed by atoms with Crippen molar-refractivity contribution in [2.75, 3.05) is 31.2 Å². The molecule has 3 aromatic rings. The molecule has 2 bridgehead atoms. The van der Waals surface area contributed by atoms with Crippen molar-refractivity contribution in [2.45, 2.75) is 108 Å². The number of hydrogen-bond donors (Lipinski definition) is 0. The number of fused-ring (bicyclic) bond motifs is 3. The lowest BCUT2D eigenvalue weighted by Gasteiger charge is -2.45. The molecule has 3 atom stereocenters. The topological polar surface area (TPSA) is 76.9 Å². The van der Waals surface area contributed by atoms with Crippen molar-refractivity contribution in [1.29, 1.82) is 0 Å². The molecule has 1 aromatic heterocycles. The molecule has 6 rings (SSSR count). The number of nitrogens with zero attached hydrogens (tertiary/aromatic N) is 4. The second-order valence-electron chi connectivity index (χ2n) is 12.8. The van der Waals surface area contributed by atoms with Crippen LogP contribution in [0.3, 0.4) is 0 Å². The molecule has 0 spiro atoms. The van der Waals surface area contributed by atoms with Crippen LogP contribution in [-0.4, -0.2) is 64.8 Å². The summed E-state index contributed by atoms with van der Waals surface area (Å²) in [6.07, 6.45) is 13.8. The van der Waals surface area contributed by atoms with Crippen LogP contribution >= 0.6 is 0 Å². The summed E-state index contributed by atoms with van der Waals surface area (Å²) in [7, 11) is 0. The van der Waals surface area contributed by atoms with Crippen LogP contribution in [0.1, 0.15) is 89.2 Å². The van der Waals surface area contributed by atoms with Gasteiger partial charge in [0, 0.05) is 30.7 Å². The highest BCUT2D eigenvalue weighted by atomic mass is 16.5. The van der Waals surface area contributed by atoms with Gasteiger partial charge in [-0.1, -0.05) is 74.6 Å². The first kappa shape index (κ1) is 30.8. The van der Waals surface area contributed by atoms with E-state index in [-0.39, 0.29) is 30.7 Å². The monoisotopic (exact) mass is 600 g/mol. The molecule has 1 aliphatic carbocycles. The Morgan fingerprint density at radius 1 is 0.864 bits per heavy atom. The first-order valence-corrected chi connectivity index (χ1v) is 16.9. The number of hydrogen-bond acceptors (Lipinski definition) is 7. The predicted molar refractivity (Wildman–Crippen MR) is 174 cm³/mol. The van der Waals surface area contributed by atoms with Crippen LogP contribution in [0.4, 0.5) is 5.82 Å². The van der Waals surface area contributed by atoms with Crippen LogP contribution in [0, 0.1) is 0 Å². The predicted octanol–water partition coefficient (Wildman–Crippen LogP) is 6.26. The van der Waals surface area contributed by atoms with Crippen LogP contribution in [0.25, 0.3) is 11.0 Å². The Morgan fingerprint density at radius 3 is 2.27 bits per heavy atom. The summed E-state index contributed by atoms with van der Waals surface area (Å²) in [5, 5.41) is 0. The molecule has 44 heavy (non-hydrogen) atoms. The number of carbonyl (C=O) groups is 1. The molecule has 8 heteroatoms. The van der Waals surface area contributed by atoms with Gasteiger partial charge >= 0.3 is 5.97 Å². The van der Waals surface area contributed by atoms with Gasteiger partial charge < -0.3 is 18.9 Å². The number of para-hydroxylation sites is 2. The Morgan fingerprint density at radius 2 is 1.55 bits per heavy atom. The van der Waals surface area contributed by atoms with Crippen molar-refractivity contribution >= 4 is 22.8 Å². The van der Waals surface area contributed by atoms with E-state index in [4.69, 9.17) is 14.5 Å². The second kappa shape index (κ2) is 14.7. The first-order valence-electron chi connectivity index (χ1n) is 16.9. The maximum Gasteiger partial charge on any atom is 0.325 e. The Bertz CT molecular complexity index is 1420. The molecule has 3 fully saturated rings. The van der Waals surface area contributed by atoms with Crippen molar-refractivity contribution < 1.29 is 14.3 Å². The molecule has 1 unspecified atom stereocenters. The van der Waals surface area contributed by atoms with Gasteiger partial charge in [-0.25, -0.2) is 4.98 Å². The van der Waals surface area contributed by atoms with Crippen LogP contribution < -0.4 is 10.5 Å². The molecule has 0 N–H and O–H groups in total. The lowest BCUT2D eigenvalue weighted by molar-refractivity contribution is -0.141. The standard InChI is InChI=1S/C36H48N4O4/c1-2-44-34(41)25-38(21-22-43-26-27-13-7-6-8-14-27)35-36(42)40(33-18-12-11-17-32(33)37-35)31-23-29-19-20-30(24-31)39(29)28-15-9-4-3-5-10-16-28/h6-8,11-14,17-18,28-31H,2-5,9-10,15-16,19-26H2,1H3/t29-,30+,31?. The van der Waals surface area contributed by atoms with Crippen molar-refractivity contribution in [3.63, 3.8) is 0 Å². The smallest absolute Gasteiger partial charge is 0.325 e. The maximum absolute atomic E-state index is 14.5. The normalized spacial score (nSPS) is 22.9. The highest BCUT2D eigenvalue weighted by Gasteiger charge is 2.44. The van der Waals surface area contributed by atoms with Crippen molar-refractivity contribution in [2.24, 2.45) is 0 Å². The summed E-state index contributed by atoms with van der Waals surface area (Å²) in [5.41, 5.74) is 2.60. The summed E-state index contributed by atoms with van der Waals surface area (Å²) in [6.45, 7) is 3.21. The highest BCUT2D eigenvalue weighted by molar-refractivity contribution is 5.79. The zero-order chi connectivity index (χ0) is 30.3. The number of ether oxygens (including phenoxy) is 2. The van der Waals surface area contributed by atoms with E-state index in [1.807, 2.05) is 59.2 Å². The van der Waals surface area contributed by atoms with Gasteiger partial charge in [0.05, 0.1) is 30.9 Å². The lowest BCUT2D eigenvalue weighted by Crippen LogP contribution is -2.50. The third-order valence-electron chi connectivity index (χ3n) is 9.95. The molecule has 0 radical (unpaired) electrons. The number of anilines is 1. The third kappa shape index (κ3) is 7.02. The summed E-state index contributed by atoms with van der Waals surface area (Å²) in [6, 6.07) is 19.8. The Balaban J connectivity index is 1.27. The molecule has 2 aromatic carbocycles. The summed E-state index contributed by atoms with van der Waals surface area (Å²) in [4.78, 5) is 36.7.